The number of carbonyl (C=O) groups excluding carboxylic acids is 1. The normalized spacial score (nSPS) is 11.9. The fourth-order valence-electron chi connectivity index (χ4n) is 1.48. The van der Waals surface area contributed by atoms with Gasteiger partial charge < -0.3 is 15.5 Å². The first kappa shape index (κ1) is 15.5. The maximum Gasteiger partial charge on any atom is 0.328 e. The molecule has 5 nitrogen and oxygen atoms in total. The summed E-state index contributed by atoms with van der Waals surface area (Å²) in [6, 6.07) is 6.74. The molecule has 1 atom stereocenters. The van der Waals surface area contributed by atoms with Gasteiger partial charge in [-0.25, -0.2) is 4.79 Å². The van der Waals surface area contributed by atoms with Crippen molar-refractivity contribution in [3.8, 4) is 0 Å². The summed E-state index contributed by atoms with van der Waals surface area (Å²) in [5.74, 6) is -0.775. The standard InChI is InChI=1S/C13H17NO4S/c1-9-3-2-4-10(5-9)7-19-8-12(16)14-11(6-15)13(17)18/h2-5,11,15H,6-8H2,1H3,(H,14,16)(H,17,18)/t11-/m0/s1. The van der Waals surface area contributed by atoms with Crippen molar-refractivity contribution in [3.63, 3.8) is 0 Å². The predicted molar refractivity (Wildman–Crippen MR) is 74.0 cm³/mol. The number of aryl methyl sites for hydroxylation is 1. The van der Waals surface area contributed by atoms with Gasteiger partial charge in [0.1, 0.15) is 6.04 Å². The Kier molecular flexibility index (Phi) is 6.38. The van der Waals surface area contributed by atoms with E-state index in [1.807, 2.05) is 31.2 Å². The Labute approximate surface area is 116 Å². The van der Waals surface area contributed by atoms with Gasteiger partial charge in [-0.05, 0) is 12.5 Å². The predicted octanol–water partition coefficient (Wildman–Crippen LogP) is 0.790. The second-order valence-corrected chi connectivity index (χ2v) is 5.11. The molecule has 0 saturated carbocycles. The molecule has 1 aromatic rings. The van der Waals surface area contributed by atoms with Crippen molar-refractivity contribution in [2.24, 2.45) is 0 Å². The van der Waals surface area contributed by atoms with Crippen LogP contribution >= 0.6 is 11.8 Å². The molecule has 0 radical (unpaired) electrons. The molecule has 1 aromatic carbocycles. The van der Waals surface area contributed by atoms with Crippen molar-refractivity contribution in [2.45, 2.75) is 18.7 Å². The molecule has 0 aliphatic carbocycles. The second kappa shape index (κ2) is 7.81. The number of rotatable bonds is 7. The molecule has 0 saturated heterocycles. The topological polar surface area (TPSA) is 86.6 Å². The molecule has 0 fully saturated rings. The van der Waals surface area contributed by atoms with Gasteiger partial charge in [0.05, 0.1) is 12.4 Å². The Balaban J connectivity index is 2.33. The maximum absolute atomic E-state index is 11.5. The first-order chi connectivity index (χ1) is 9.02. The molecule has 0 spiro atoms. The number of hydrogen-bond donors (Lipinski definition) is 3. The number of aliphatic hydroxyl groups excluding tert-OH is 1. The van der Waals surface area contributed by atoms with E-state index in [-0.39, 0.29) is 11.7 Å². The number of aliphatic hydroxyl groups is 1. The van der Waals surface area contributed by atoms with Crippen LogP contribution < -0.4 is 5.32 Å². The molecule has 0 aliphatic heterocycles. The molecule has 19 heavy (non-hydrogen) atoms. The van der Waals surface area contributed by atoms with E-state index < -0.39 is 18.6 Å². The quantitative estimate of drug-likeness (QED) is 0.689. The summed E-state index contributed by atoms with van der Waals surface area (Å²) >= 11 is 1.40. The number of carbonyl (C=O) groups is 2. The van der Waals surface area contributed by atoms with Crippen LogP contribution in [0.15, 0.2) is 24.3 Å². The molecular formula is C13H17NO4S. The lowest BCUT2D eigenvalue weighted by Crippen LogP contribution is -2.44. The monoisotopic (exact) mass is 283 g/mol. The van der Waals surface area contributed by atoms with Crippen molar-refractivity contribution >= 4 is 23.6 Å². The van der Waals surface area contributed by atoms with E-state index in [1.54, 1.807) is 0 Å². The summed E-state index contributed by atoms with van der Waals surface area (Å²) in [6.07, 6.45) is 0. The lowest BCUT2D eigenvalue weighted by molar-refractivity contribution is -0.142. The molecule has 1 rings (SSSR count). The van der Waals surface area contributed by atoms with Crippen LogP contribution in [0.1, 0.15) is 11.1 Å². The maximum atomic E-state index is 11.5. The van der Waals surface area contributed by atoms with E-state index in [0.29, 0.717) is 5.75 Å². The second-order valence-electron chi connectivity index (χ2n) is 4.12. The highest BCUT2D eigenvalue weighted by atomic mass is 32.2. The smallest absolute Gasteiger partial charge is 0.328 e. The summed E-state index contributed by atoms with van der Waals surface area (Å²) in [6.45, 7) is 1.39. The molecule has 3 N–H and O–H groups in total. The van der Waals surface area contributed by atoms with E-state index in [2.05, 4.69) is 5.32 Å². The summed E-state index contributed by atoms with van der Waals surface area (Å²) in [4.78, 5) is 22.1. The number of nitrogens with one attached hydrogen (secondary N) is 1. The van der Waals surface area contributed by atoms with E-state index in [9.17, 15) is 9.59 Å². The number of hydrogen-bond acceptors (Lipinski definition) is 4. The van der Waals surface area contributed by atoms with E-state index in [4.69, 9.17) is 10.2 Å². The van der Waals surface area contributed by atoms with Crippen LogP contribution in [0.25, 0.3) is 0 Å². The van der Waals surface area contributed by atoms with Gasteiger partial charge in [0, 0.05) is 5.75 Å². The van der Waals surface area contributed by atoms with Crippen LogP contribution in [0.3, 0.4) is 0 Å². The largest absolute Gasteiger partial charge is 0.480 e. The van der Waals surface area contributed by atoms with Gasteiger partial charge in [-0.1, -0.05) is 29.8 Å². The molecule has 6 heteroatoms. The molecule has 0 unspecified atom stereocenters. The number of thioether (sulfide) groups is 1. The average Bonchev–Trinajstić information content (AvgIpc) is 2.35. The van der Waals surface area contributed by atoms with Crippen molar-refractivity contribution < 1.29 is 19.8 Å². The van der Waals surface area contributed by atoms with Crippen LogP contribution in [0.2, 0.25) is 0 Å². The van der Waals surface area contributed by atoms with E-state index in [1.165, 1.54) is 11.8 Å². The van der Waals surface area contributed by atoms with Crippen LogP contribution in [0.4, 0.5) is 0 Å². The van der Waals surface area contributed by atoms with Crippen LogP contribution in [-0.2, 0) is 15.3 Å². The van der Waals surface area contributed by atoms with Gasteiger partial charge in [0.25, 0.3) is 0 Å². The van der Waals surface area contributed by atoms with Crippen LogP contribution in [0.5, 0.6) is 0 Å². The van der Waals surface area contributed by atoms with Crippen molar-refractivity contribution in [2.75, 3.05) is 12.4 Å². The Morgan fingerprint density at radius 1 is 1.42 bits per heavy atom. The van der Waals surface area contributed by atoms with E-state index >= 15 is 0 Å². The number of benzene rings is 1. The summed E-state index contributed by atoms with van der Waals surface area (Å²) in [7, 11) is 0. The number of carboxylic acid groups (broad SMARTS) is 1. The van der Waals surface area contributed by atoms with Gasteiger partial charge in [-0.3, -0.25) is 4.79 Å². The lowest BCUT2D eigenvalue weighted by atomic mass is 10.2. The first-order valence-corrected chi connectivity index (χ1v) is 6.94. The van der Waals surface area contributed by atoms with Crippen LogP contribution in [0, 0.1) is 6.92 Å². The molecular weight excluding hydrogens is 266 g/mol. The fraction of sp³-hybridized carbons (Fsp3) is 0.385. The molecule has 1 amide bonds. The molecule has 0 bridgehead atoms. The highest BCUT2D eigenvalue weighted by Gasteiger charge is 2.18. The summed E-state index contributed by atoms with van der Waals surface area (Å²) in [5, 5.41) is 19.7. The third-order valence-electron chi connectivity index (χ3n) is 2.40. The van der Waals surface area contributed by atoms with Gasteiger partial charge in [0.15, 0.2) is 0 Å². The average molecular weight is 283 g/mol. The van der Waals surface area contributed by atoms with Gasteiger partial charge in [-0.2, -0.15) is 0 Å². The molecule has 104 valence electrons. The highest BCUT2D eigenvalue weighted by molar-refractivity contribution is 7.99. The fourth-order valence-corrected chi connectivity index (χ4v) is 2.27. The Bertz CT molecular complexity index is 450. The third-order valence-corrected chi connectivity index (χ3v) is 3.40. The van der Waals surface area contributed by atoms with Crippen molar-refractivity contribution in [1.82, 2.24) is 5.32 Å². The Morgan fingerprint density at radius 2 is 2.16 bits per heavy atom. The Morgan fingerprint density at radius 3 is 2.74 bits per heavy atom. The molecule has 0 heterocycles. The van der Waals surface area contributed by atoms with Gasteiger partial charge in [-0.15, -0.1) is 11.8 Å². The summed E-state index contributed by atoms with van der Waals surface area (Å²) in [5.41, 5.74) is 2.28. The zero-order valence-electron chi connectivity index (χ0n) is 10.6. The van der Waals surface area contributed by atoms with Crippen LogP contribution in [-0.4, -0.2) is 40.5 Å². The first-order valence-electron chi connectivity index (χ1n) is 5.79. The minimum absolute atomic E-state index is 0.164. The highest BCUT2D eigenvalue weighted by Crippen LogP contribution is 2.13. The number of amides is 1. The Hall–Kier alpha value is -1.53. The zero-order chi connectivity index (χ0) is 14.3. The molecule has 0 aromatic heterocycles. The van der Waals surface area contributed by atoms with Gasteiger partial charge in [0.2, 0.25) is 5.91 Å². The number of carboxylic acids is 1. The van der Waals surface area contributed by atoms with Crippen molar-refractivity contribution in [1.29, 1.82) is 0 Å². The third kappa shape index (κ3) is 5.76. The zero-order valence-corrected chi connectivity index (χ0v) is 11.4. The number of aliphatic carboxylic acids is 1. The summed E-state index contributed by atoms with van der Waals surface area (Å²) < 4.78 is 0. The molecule has 0 aliphatic rings. The van der Waals surface area contributed by atoms with Gasteiger partial charge >= 0.3 is 5.97 Å². The lowest BCUT2D eigenvalue weighted by Gasteiger charge is -2.11. The van der Waals surface area contributed by atoms with Crippen molar-refractivity contribution in [3.05, 3.63) is 35.4 Å². The van der Waals surface area contributed by atoms with E-state index in [0.717, 1.165) is 11.1 Å². The minimum atomic E-state index is -1.24. The minimum Gasteiger partial charge on any atom is -0.480 e. The SMILES string of the molecule is Cc1cccc(CSCC(=O)N[C@@H](CO)C(=O)O)c1.